The fraction of sp³-hybridized carbons (Fsp3) is 0.750. The van der Waals surface area contributed by atoms with Crippen molar-refractivity contribution in [2.75, 3.05) is 11.5 Å². The Morgan fingerprint density at radius 3 is 2.73 bits per heavy atom. The van der Waals surface area contributed by atoms with E-state index in [9.17, 15) is 8.42 Å². The monoisotopic (exact) mass is 231 g/mol. The second-order valence-corrected chi connectivity index (χ2v) is 6.00. The summed E-state index contributed by atoms with van der Waals surface area (Å²) in [6, 6.07) is 0.102. The molecule has 6 nitrogen and oxygen atoms in total. The molecule has 0 atom stereocenters. The lowest BCUT2D eigenvalue weighted by atomic mass is 10.1. The zero-order chi connectivity index (χ0) is 10.9. The van der Waals surface area contributed by atoms with Crippen molar-refractivity contribution in [1.82, 2.24) is 14.8 Å². The van der Waals surface area contributed by atoms with E-state index in [1.165, 1.54) is 0 Å². The van der Waals surface area contributed by atoms with Crippen LogP contribution in [0.3, 0.4) is 0 Å². The molecule has 2 rings (SSSR count). The Balaban J connectivity index is 2.14. The normalized spacial score (nSPS) is 21.7. The lowest BCUT2D eigenvalue weighted by molar-refractivity contribution is 0.258. The van der Waals surface area contributed by atoms with Crippen LogP contribution in [-0.4, -0.2) is 39.8 Å². The molecule has 0 radical (unpaired) electrons. The first-order valence-corrected chi connectivity index (χ1v) is 6.64. The highest BCUT2D eigenvalue weighted by Crippen LogP contribution is 2.24. The molecule has 1 aliphatic heterocycles. The zero-order valence-electron chi connectivity index (χ0n) is 8.20. The third kappa shape index (κ3) is 2.18. The van der Waals surface area contributed by atoms with Crippen LogP contribution < -0.4 is 0 Å². The number of aliphatic hydroxyl groups is 1. The van der Waals surface area contributed by atoms with E-state index in [0.717, 1.165) is 0 Å². The summed E-state index contributed by atoms with van der Waals surface area (Å²) in [7, 11) is -2.84. The first-order valence-electron chi connectivity index (χ1n) is 4.82. The molecule has 0 aromatic carbocycles. The highest BCUT2D eigenvalue weighted by atomic mass is 32.2. The minimum atomic E-state index is -2.84. The van der Waals surface area contributed by atoms with E-state index in [1.54, 1.807) is 10.9 Å². The largest absolute Gasteiger partial charge is 0.388 e. The van der Waals surface area contributed by atoms with Crippen molar-refractivity contribution in [2.24, 2.45) is 0 Å². The average Bonchev–Trinajstić information content (AvgIpc) is 2.65. The topological polar surface area (TPSA) is 85.1 Å². The molecule has 7 heteroatoms. The molecule has 1 fully saturated rings. The predicted octanol–water partition coefficient (Wildman–Crippen LogP) is -0.480. The van der Waals surface area contributed by atoms with Gasteiger partial charge in [0.05, 0.1) is 11.5 Å². The Hall–Kier alpha value is -0.950. The standard InChI is InChI=1S/C8H13N3O3S/c12-5-8-10-9-6-11(8)7-1-3-15(13,14)4-2-7/h6-7,12H,1-5H2. The molecule has 2 heterocycles. The molecule has 0 saturated carbocycles. The summed E-state index contributed by atoms with van der Waals surface area (Å²) in [5.74, 6) is 0.917. The number of rotatable bonds is 2. The lowest BCUT2D eigenvalue weighted by Crippen LogP contribution is -2.26. The van der Waals surface area contributed by atoms with Crippen LogP contribution in [-0.2, 0) is 16.4 Å². The quantitative estimate of drug-likeness (QED) is 0.743. The molecule has 0 spiro atoms. The molecule has 84 valence electrons. The van der Waals surface area contributed by atoms with Crippen molar-refractivity contribution in [3.8, 4) is 0 Å². The number of aromatic nitrogens is 3. The molecule has 1 aliphatic rings. The van der Waals surface area contributed by atoms with E-state index in [-0.39, 0.29) is 24.2 Å². The molecule has 15 heavy (non-hydrogen) atoms. The molecule has 0 bridgehead atoms. The van der Waals surface area contributed by atoms with E-state index >= 15 is 0 Å². The number of sulfone groups is 1. The van der Waals surface area contributed by atoms with Crippen LogP contribution in [0.15, 0.2) is 6.33 Å². The number of nitrogens with zero attached hydrogens (tertiary/aromatic N) is 3. The summed E-state index contributed by atoms with van der Waals surface area (Å²) in [4.78, 5) is 0. The zero-order valence-corrected chi connectivity index (χ0v) is 9.02. The minimum Gasteiger partial charge on any atom is -0.388 e. The van der Waals surface area contributed by atoms with Crippen molar-refractivity contribution in [1.29, 1.82) is 0 Å². The van der Waals surface area contributed by atoms with Crippen LogP contribution in [0.2, 0.25) is 0 Å². The van der Waals surface area contributed by atoms with Gasteiger partial charge in [-0.3, -0.25) is 0 Å². The Morgan fingerprint density at radius 2 is 2.13 bits per heavy atom. The van der Waals surface area contributed by atoms with Crippen LogP contribution >= 0.6 is 0 Å². The molecule has 0 aliphatic carbocycles. The smallest absolute Gasteiger partial charge is 0.158 e. The van der Waals surface area contributed by atoms with Crippen molar-refractivity contribution >= 4 is 9.84 Å². The summed E-state index contributed by atoms with van der Waals surface area (Å²) in [5, 5.41) is 16.5. The maximum atomic E-state index is 11.2. The summed E-state index contributed by atoms with van der Waals surface area (Å²) < 4.78 is 24.2. The molecule has 0 amide bonds. The Bertz CT molecular complexity index is 426. The van der Waals surface area contributed by atoms with Gasteiger partial charge in [-0.05, 0) is 12.8 Å². The second-order valence-electron chi connectivity index (χ2n) is 3.70. The first kappa shape index (κ1) is 10.6. The van der Waals surface area contributed by atoms with Gasteiger partial charge < -0.3 is 9.67 Å². The van der Waals surface area contributed by atoms with Crippen LogP contribution in [0.25, 0.3) is 0 Å². The van der Waals surface area contributed by atoms with Gasteiger partial charge in [0.25, 0.3) is 0 Å². The first-order chi connectivity index (χ1) is 7.12. The molecule has 1 saturated heterocycles. The predicted molar refractivity (Wildman–Crippen MR) is 52.9 cm³/mol. The van der Waals surface area contributed by atoms with Gasteiger partial charge >= 0.3 is 0 Å². The maximum Gasteiger partial charge on any atom is 0.158 e. The molecular formula is C8H13N3O3S. The SMILES string of the molecule is O=S1(=O)CCC(n2cnnc2CO)CC1. The summed E-state index contributed by atoms with van der Waals surface area (Å²) in [5.41, 5.74) is 0. The fourth-order valence-electron chi connectivity index (χ4n) is 1.84. The lowest BCUT2D eigenvalue weighted by Gasteiger charge is -2.23. The second kappa shape index (κ2) is 3.90. The number of hydrogen-bond donors (Lipinski definition) is 1. The molecule has 1 aromatic heterocycles. The third-order valence-corrected chi connectivity index (χ3v) is 4.42. The molecule has 1 N–H and O–H groups in total. The summed E-state index contributed by atoms with van der Waals surface area (Å²) in [6.45, 7) is -0.163. The van der Waals surface area contributed by atoms with Crippen LogP contribution in [0.4, 0.5) is 0 Å². The van der Waals surface area contributed by atoms with Gasteiger partial charge in [-0.15, -0.1) is 10.2 Å². The van der Waals surface area contributed by atoms with E-state index in [2.05, 4.69) is 10.2 Å². The molecule has 0 unspecified atom stereocenters. The van der Waals surface area contributed by atoms with Crippen LogP contribution in [0.1, 0.15) is 24.7 Å². The van der Waals surface area contributed by atoms with Gasteiger partial charge in [0, 0.05) is 6.04 Å². The number of aliphatic hydroxyl groups excluding tert-OH is 1. The van der Waals surface area contributed by atoms with Crippen molar-refractivity contribution in [3.63, 3.8) is 0 Å². The Morgan fingerprint density at radius 1 is 1.47 bits per heavy atom. The summed E-state index contributed by atoms with van der Waals surface area (Å²) in [6.07, 6.45) is 2.70. The Labute approximate surface area is 87.9 Å². The van der Waals surface area contributed by atoms with Gasteiger partial charge in [0.2, 0.25) is 0 Å². The maximum absolute atomic E-state index is 11.2. The van der Waals surface area contributed by atoms with Gasteiger partial charge in [-0.1, -0.05) is 0 Å². The van der Waals surface area contributed by atoms with Gasteiger partial charge in [-0.25, -0.2) is 8.42 Å². The highest BCUT2D eigenvalue weighted by molar-refractivity contribution is 7.91. The molecule has 1 aromatic rings. The van der Waals surface area contributed by atoms with Gasteiger partial charge in [0.1, 0.15) is 22.8 Å². The fourth-order valence-corrected chi connectivity index (χ4v) is 3.31. The third-order valence-electron chi connectivity index (χ3n) is 2.71. The van der Waals surface area contributed by atoms with E-state index in [0.29, 0.717) is 18.7 Å². The Kier molecular flexibility index (Phi) is 2.74. The number of hydrogen-bond acceptors (Lipinski definition) is 5. The van der Waals surface area contributed by atoms with E-state index in [4.69, 9.17) is 5.11 Å². The van der Waals surface area contributed by atoms with Crippen molar-refractivity contribution < 1.29 is 13.5 Å². The van der Waals surface area contributed by atoms with Crippen LogP contribution in [0, 0.1) is 0 Å². The van der Waals surface area contributed by atoms with Gasteiger partial charge in [0.15, 0.2) is 5.82 Å². The summed E-state index contributed by atoms with van der Waals surface area (Å²) >= 11 is 0. The highest BCUT2D eigenvalue weighted by Gasteiger charge is 2.25. The van der Waals surface area contributed by atoms with Crippen molar-refractivity contribution in [2.45, 2.75) is 25.5 Å². The van der Waals surface area contributed by atoms with Gasteiger partial charge in [-0.2, -0.15) is 0 Å². The minimum absolute atomic E-state index is 0.102. The molecular weight excluding hydrogens is 218 g/mol. The van der Waals surface area contributed by atoms with E-state index < -0.39 is 9.84 Å². The van der Waals surface area contributed by atoms with E-state index in [1.807, 2.05) is 0 Å². The van der Waals surface area contributed by atoms with Crippen LogP contribution in [0.5, 0.6) is 0 Å². The average molecular weight is 231 g/mol. The van der Waals surface area contributed by atoms with Crippen molar-refractivity contribution in [3.05, 3.63) is 12.2 Å².